The number of nitrogens with zero attached hydrogens (tertiary/aromatic N) is 1. The number of rotatable bonds is 5. The highest BCUT2D eigenvalue weighted by molar-refractivity contribution is 6.33. The molecule has 1 N–H and O–H groups in total. The van der Waals surface area contributed by atoms with Gasteiger partial charge in [0, 0.05) is 24.1 Å². The van der Waals surface area contributed by atoms with Gasteiger partial charge in [-0.1, -0.05) is 23.7 Å². The third-order valence-electron chi connectivity index (χ3n) is 3.75. The molecule has 8 heteroatoms. The molecule has 0 spiro atoms. The van der Waals surface area contributed by atoms with Crippen LogP contribution in [0.5, 0.6) is 0 Å². The third-order valence-corrected chi connectivity index (χ3v) is 4.08. The van der Waals surface area contributed by atoms with E-state index in [4.69, 9.17) is 16.0 Å². The highest BCUT2D eigenvalue weighted by Crippen LogP contribution is 2.30. The molecule has 4 nitrogen and oxygen atoms in total. The van der Waals surface area contributed by atoms with Gasteiger partial charge in [0.2, 0.25) is 5.91 Å². The summed E-state index contributed by atoms with van der Waals surface area (Å²) in [6.45, 7) is 0. The smallest absolute Gasteiger partial charge is 0.416 e. The summed E-state index contributed by atoms with van der Waals surface area (Å²) in [4.78, 5) is 16.1. The van der Waals surface area contributed by atoms with Crippen LogP contribution in [0.25, 0.3) is 11.3 Å². The van der Waals surface area contributed by atoms with Crippen molar-refractivity contribution in [3.05, 3.63) is 71.2 Å². The Balaban J connectivity index is 1.56. The van der Waals surface area contributed by atoms with Crippen molar-refractivity contribution in [1.82, 2.24) is 4.98 Å². The van der Waals surface area contributed by atoms with Crippen LogP contribution >= 0.6 is 11.6 Å². The zero-order chi connectivity index (χ0) is 19.4. The maximum absolute atomic E-state index is 12.5. The number of hydrogen-bond acceptors (Lipinski definition) is 3. The molecule has 3 rings (SSSR count). The predicted molar refractivity (Wildman–Crippen MR) is 95.3 cm³/mol. The van der Waals surface area contributed by atoms with Gasteiger partial charge in [0.05, 0.1) is 16.8 Å². The minimum absolute atomic E-state index is 0.0729. The first-order valence-corrected chi connectivity index (χ1v) is 8.37. The van der Waals surface area contributed by atoms with E-state index in [-0.39, 0.29) is 24.4 Å². The van der Waals surface area contributed by atoms with Crippen molar-refractivity contribution in [3.63, 3.8) is 0 Å². The fourth-order valence-electron chi connectivity index (χ4n) is 2.40. The fourth-order valence-corrected chi connectivity index (χ4v) is 2.63. The number of nitrogens with one attached hydrogen (secondary N) is 1. The number of carbonyl (C=O) groups is 1. The van der Waals surface area contributed by atoms with Gasteiger partial charge in [0.25, 0.3) is 0 Å². The molecule has 3 aromatic rings. The Labute approximate surface area is 158 Å². The van der Waals surface area contributed by atoms with Crippen LogP contribution in [0.1, 0.15) is 17.9 Å². The minimum atomic E-state index is -4.41. The lowest BCUT2D eigenvalue weighted by atomic mass is 10.2. The lowest BCUT2D eigenvalue weighted by Crippen LogP contribution is -2.13. The number of benzene rings is 2. The van der Waals surface area contributed by atoms with Crippen LogP contribution < -0.4 is 5.32 Å². The summed E-state index contributed by atoms with van der Waals surface area (Å²) >= 11 is 6.10. The van der Waals surface area contributed by atoms with Gasteiger partial charge in [-0.2, -0.15) is 13.2 Å². The van der Waals surface area contributed by atoms with Gasteiger partial charge in [0.1, 0.15) is 0 Å². The van der Waals surface area contributed by atoms with E-state index in [0.717, 1.165) is 12.1 Å². The Bertz CT molecular complexity index is 937. The van der Waals surface area contributed by atoms with E-state index in [1.165, 1.54) is 18.3 Å². The highest BCUT2D eigenvalue weighted by Gasteiger charge is 2.29. The first kappa shape index (κ1) is 19.0. The molecule has 0 atom stereocenters. The average Bonchev–Trinajstić information content (AvgIpc) is 3.09. The molecule has 2 aromatic carbocycles. The number of hydrogen-bond donors (Lipinski definition) is 1. The molecule has 0 aliphatic rings. The molecule has 140 valence electrons. The second kappa shape index (κ2) is 7.84. The summed E-state index contributed by atoms with van der Waals surface area (Å²) in [5.74, 6) is 0.512. The van der Waals surface area contributed by atoms with Crippen LogP contribution in [-0.2, 0) is 17.4 Å². The van der Waals surface area contributed by atoms with E-state index < -0.39 is 11.7 Å². The molecule has 1 heterocycles. The molecule has 27 heavy (non-hydrogen) atoms. The zero-order valence-electron chi connectivity index (χ0n) is 13.9. The molecule has 0 saturated heterocycles. The number of carbonyl (C=O) groups excluding carboxylic acids is 1. The highest BCUT2D eigenvalue weighted by atomic mass is 35.5. The zero-order valence-corrected chi connectivity index (χ0v) is 14.6. The standard InChI is InChI=1S/C19H14ClF3N2O2/c20-15-4-2-1-3-14(15)16-11-24-18(27-16)10-9-17(26)25-13-7-5-12(6-8-13)19(21,22)23/h1-8,11H,9-10H2,(H,25,26). The Morgan fingerprint density at radius 3 is 2.48 bits per heavy atom. The van der Waals surface area contributed by atoms with E-state index in [9.17, 15) is 18.0 Å². The molecular formula is C19H14ClF3N2O2. The lowest BCUT2D eigenvalue weighted by molar-refractivity contribution is -0.137. The van der Waals surface area contributed by atoms with Crippen LogP contribution in [0.3, 0.4) is 0 Å². The second-order valence-electron chi connectivity index (χ2n) is 5.72. The fraction of sp³-hybridized carbons (Fsp3) is 0.158. The summed E-state index contributed by atoms with van der Waals surface area (Å²) in [5.41, 5.74) is 0.219. The SMILES string of the molecule is O=C(CCc1ncc(-c2ccccc2Cl)o1)Nc1ccc(C(F)(F)F)cc1. The molecule has 0 aliphatic carbocycles. The predicted octanol–water partition coefficient (Wildman–Crippen LogP) is 5.59. The van der Waals surface area contributed by atoms with Crippen LogP contribution in [0.2, 0.25) is 5.02 Å². The largest absolute Gasteiger partial charge is 0.441 e. The van der Waals surface area contributed by atoms with Crippen molar-refractivity contribution in [3.8, 4) is 11.3 Å². The number of anilines is 1. The molecular weight excluding hydrogens is 381 g/mol. The number of aromatic nitrogens is 1. The Hall–Kier alpha value is -2.80. The Morgan fingerprint density at radius 1 is 1.11 bits per heavy atom. The maximum atomic E-state index is 12.5. The number of halogens is 4. The third kappa shape index (κ3) is 4.89. The maximum Gasteiger partial charge on any atom is 0.416 e. The molecule has 1 aromatic heterocycles. The van der Waals surface area contributed by atoms with Crippen molar-refractivity contribution in [2.75, 3.05) is 5.32 Å². The molecule has 0 bridgehead atoms. The first-order valence-electron chi connectivity index (χ1n) is 7.99. The van der Waals surface area contributed by atoms with E-state index in [1.54, 1.807) is 18.2 Å². The normalized spacial score (nSPS) is 11.4. The summed E-state index contributed by atoms with van der Waals surface area (Å²) < 4.78 is 43.2. The topological polar surface area (TPSA) is 55.1 Å². The van der Waals surface area contributed by atoms with Gasteiger partial charge in [-0.25, -0.2) is 4.98 Å². The lowest BCUT2D eigenvalue weighted by Gasteiger charge is -2.08. The molecule has 0 saturated carbocycles. The van der Waals surface area contributed by atoms with Gasteiger partial charge < -0.3 is 9.73 Å². The van der Waals surface area contributed by atoms with Gasteiger partial charge in [0.15, 0.2) is 11.7 Å². The van der Waals surface area contributed by atoms with Crippen molar-refractivity contribution in [2.24, 2.45) is 0 Å². The number of oxazole rings is 1. The summed E-state index contributed by atoms with van der Waals surface area (Å²) in [5, 5.41) is 3.07. The van der Waals surface area contributed by atoms with Crippen LogP contribution in [0, 0.1) is 0 Å². The van der Waals surface area contributed by atoms with Crippen LogP contribution in [0.4, 0.5) is 18.9 Å². The Morgan fingerprint density at radius 2 is 1.81 bits per heavy atom. The van der Waals surface area contributed by atoms with Crippen molar-refractivity contribution < 1.29 is 22.4 Å². The molecule has 1 amide bonds. The van der Waals surface area contributed by atoms with Crippen molar-refractivity contribution >= 4 is 23.2 Å². The molecule has 0 aliphatic heterocycles. The van der Waals surface area contributed by atoms with Crippen LogP contribution in [0.15, 0.2) is 59.1 Å². The van der Waals surface area contributed by atoms with E-state index in [2.05, 4.69) is 10.3 Å². The minimum Gasteiger partial charge on any atom is -0.441 e. The van der Waals surface area contributed by atoms with Gasteiger partial charge in [-0.15, -0.1) is 0 Å². The molecule has 0 fully saturated rings. The monoisotopic (exact) mass is 394 g/mol. The summed E-state index contributed by atoms with van der Waals surface area (Å²) in [6.07, 6.45) is -2.56. The first-order chi connectivity index (χ1) is 12.8. The van der Waals surface area contributed by atoms with Crippen molar-refractivity contribution in [2.45, 2.75) is 19.0 Å². The van der Waals surface area contributed by atoms with Crippen LogP contribution in [-0.4, -0.2) is 10.9 Å². The molecule has 0 unspecified atom stereocenters. The van der Waals surface area contributed by atoms with E-state index in [0.29, 0.717) is 22.2 Å². The summed E-state index contributed by atoms with van der Waals surface area (Å²) in [7, 11) is 0. The Kier molecular flexibility index (Phi) is 5.51. The quantitative estimate of drug-likeness (QED) is 0.614. The van der Waals surface area contributed by atoms with Gasteiger partial charge in [-0.05, 0) is 36.4 Å². The van der Waals surface area contributed by atoms with Crippen molar-refractivity contribution in [1.29, 1.82) is 0 Å². The second-order valence-corrected chi connectivity index (χ2v) is 6.13. The number of amides is 1. The number of alkyl halides is 3. The number of aryl methyl sites for hydroxylation is 1. The van der Waals surface area contributed by atoms with Gasteiger partial charge in [-0.3, -0.25) is 4.79 Å². The van der Waals surface area contributed by atoms with E-state index >= 15 is 0 Å². The van der Waals surface area contributed by atoms with E-state index in [1.807, 2.05) is 6.07 Å². The summed E-state index contributed by atoms with van der Waals surface area (Å²) in [6, 6.07) is 11.4. The average molecular weight is 395 g/mol. The van der Waals surface area contributed by atoms with Gasteiger partial charge >= 0.3 is 6.18 Å². The molecule has 0 radical (unpaired) electrons.